The lowest BCUT2D eigenvalue weighted by atomic mass is 9.39. The molecule has 1 aliphatic carbocycles. The molecule has 0 bridgehead atoms. The van der Waals surface area contributed by atoms with Crippen molar-refractivity contribution in [3.8, 4) is 33.4 Å². The Bertz CT molecular complexity index is 2910. The van der Waals surface area contributed by atoms with Crippen LogP contribution in [0.25, 0.3) is 77.9 Å². The standard InChI is InChI=1S/C53H37B/c1-53(2)47-24-12-9-23-45(47)52-44-22-8-5-17-38(44)46(33-48(52)53)51-42-20-6-3-15-36(42)39(37-16-4-7-21-43(37)51)32-29-34-27-30-35(31-28-34)54-49-25-13-10-18-40(49)41-19-11-14-26-50(41)54/h3-33H,1-2H3. The molecule has 9 aromatic carbocycles. The van der Waals surface area contributed by atoms with Crippen molar-refractivity contribution in [1.82, 2.24) is 0 Å². The molecule has 252 valence electrons. The minimum atomic E-state index is -0.0981. The van der Waals surface area contributed by atoms with Crippen molar-refractivity contribution in [3.05, 3.63) is 198 Å². The average Bonchev–Trinajstić information content (AvgIpc) is 3.68. The van der Waals surface area contributed by atoms with Gasteiger partial charge in [0.2, 0.25) is 6.71 Å². The second kappa shape index (κ2) is 11.8. The van der Waals surface area contributed by atoms with Crippen LogP contribution in [0.1, 0.15) is 36.1 Å². The van der Waals surface area contributed by atoms with E-state index in [2.05, 4.69) is 202 Å². The normalized spacial score (nSPS) is 13.8. The highest BCUT2D eigenvalue weighted by Gasteiger charge is 2.37. The second-order valence-electron chi connectivity index (χ2n) is 15.6. The van der Waals surface area contributed by atoms with Gasteiger partial charge in [0.25, 0.3) is 0 Å². The van der Waals surface area contributed by atoms with Crippen molar-refractivity contribution in [1.29, 1.82) is 0 Å². The molecule has 0 radical (unpaired) electrons. The summed E-state index contributed by atoms with van der Waals surface area (Å²) in [6, 6.07) is 65.5. The van der Waals surface area contributed by atoms with Gasteiger partial charge in [-0.25, -0.2) is 0 Å². The van der Waals surface area contributed by atoms with Crippen molar-refractivity contribution in [2.45, 2.75) is 19.3 Å². The first-order valence-electron chi connectivity index (χ1n) is 19.1. The SMILES string of the molecule is CC1(C)c2ccccc2-c2c1cc(-c1c3ccccc3c(C=Cc3ccc(B4c5ccccc5-c5ccccc54)cc3)c3ccccc13)c1ccccc21. The van der Waals surface area contributed by atoms with E-state index >= 15 is 0 Å². The number of rotatable bonds is 4. The third-order valence-corrected chi connectivity index (χ3v) is 12.4. The van der Waals surface area contributed by atoms with Crippen LogP contribution in [-0.4, -0.2) is 6.71 Å². The van der Waals surface area contributed by atoms with E-state index in [0.717, 1.165) is 0 Å². The van der Waals surface area contributed by atoms with Crippen molar-refractivity contribution < 1.29 is 0 Å². The molecule has 0 amide bonds. The van der Waals surface area contributed by atoms with E-state index in [-0.39, 0.29) is 12.1 Å². The Labute approximate surface area is 317 Å². The third kappa shape index (κ3) is 4.45. The van der Waals surface area contributed by atoms with Gasteiger partial charge in [0.1, 0.15) is 0 Å². The zero-order valence-corrected chi connectivity index (χ0v) is 30.5. The summed E-state index contributed by atoms with van der Waals surface area (Å²) in [5, 5.41) is 7.73. The molecule has 0 spiro atoms. The van der Waals surface area contributed by atoms with Crippen molar-refractivity contribution in [2.75, 3.05) is 0 Å². The van der Waals surface area contributed by atoms with Crippen LogP contribution in [0.2, 0.25) is 0 Å². The van der Waals surface area contributed by atoms with Crippen LogP contribution in [0.3, 0.4) is 0 Å². The molecule has 0 saturated heterocycles. The summed E-state index contributed by atoms with van der Waals surface area (Å²) < 4.78 is 0. The van der Waals surface area contributed by atoms with Crippen LogP contribution in [-0.2, 0) is 5.41 Å². The Balaban J connectivity index is 1.06. The van der Waals surface area contributed by atoms with Crippen LogP contribution in [0.4, 0.5) is 0 Å². The average molecular weight is 685 g/mol. The van der Waals surface area contributed by atoms with Gasteiger partial charge in [-0.2, -0.15) is 0 Å². The van der Waals surface area contributed by atoms with E-state index in [0.29, 0.717) is 0 Å². The predicted molar refractivity (Wildman–Crippen MR) is 234 cm³/mol. The molecule has 11 rings (SSSR count). The lowest BCUT2D eigenvalue weighted by molar-refractivity contribution is 0.661. The summed E-state index contributed by atoms with van der Waals surface area (Å²) in [6.45, 7) is 5.03. The van der Waals surface area contributed by atoms with E-state index in [9.17, 15) is 0 Å². The maximum Gasteiger partial charge on any atom is 0.242 e. The van der Waals surface area contributed by atoms with Gasteiger partial charge in [0, 0.05) is 5.41 Å². The molecule has 0 atom stereocenters. The fourth-order valence-electron chi connectivity index (χ4n) is 9.88. The first-order valence-corrected chi connectivity index (χ1v) is 19.1. The van der Waals surface area contributed by atoms with E-state index in [4.69, 9.17) is 0 Å². The maximum absolute atomic E-state index is 2.52. The summed E-state index contributed by atoms with van der Waals surface area (Å²) in [4.78, 5) is 0. The first kappa shape index (κ1) is 31.1. The number of benzene rings is 9. The molecule has 0 unspecified atom stereocenters. The van der Waals surface area contributed by atoms with Gasteiger partial charge in [-0.05, 0) is 94.0 Å². The number of fused-ring (bicyclic) bond motifs is 10. The number of hydrogen-bond donors (Lipinski definition) is 0. The van der Waals surface area contributed by atoms with E-state index in [1.54, 1.807) is 0 Å². The lowest BCUT2D eigenvalue weighted by Gasteiger charge is -2.24. The van der Waals surface area contributed by atoms with Crippen LogP contribution >= 0.6 is 0 Å². The predicted octanol–water partition coefficient (Wildman–Crippen LogP) is 11.8. The third-order valence-electron chi connectivity index (χ3n) is 12.4. The summed E-state index contributed by atoms with van der Waals surface area (Å²) in [7, 11) is 0. The zero-order valence-electron chi connectivity index (χ0n) is 30.5. The molecule has 1 heterocycles. The summed E-state index contributed by atoms with van der Waals surface area (Å²) in [5.41, 5.74) is 17.3. The van der Waals surface area contributed by atoms with E-state index in [1.165, 1.54) is 104 Å². The molecule has 1 aliphatic heterocycles. The molecule has 0 fully saturated rings. The molecule has 1 heteroatoms. The Morgan fingerprint density at radius 1 is 0.389 bits per heavy atom. The fourth-order valence-corrected chi connectivity index (χ4v) is 9.88. The van der Waals surface area contributed by atoms with Crippen LogP contribution < -0.4 is 16.4 Å². The number of hydrogen-bond acceptors (Lipinski definition) is 0. The van der Waals surface area contributed by atoms with E-state index < -0.39 is 0 Å². The van der Waals surface area contributed by atoms with E-state index in [1.807, 2.05) is 0 Å². The second-order valence-corrected chi connectivity index (χ2v) is 15.6. The van der Waals surface area contributed by atoms with Gasteiger partial charge in [-0.15, -0.1) is 0 Å². The molecule has 0 saturated carbocycles. The molecule has 9 aromatic rings. The van der Waals surface area contributed by atoms with Gasteiger partial charge in [0.15, 0.2) is 0 Å². The van der Waals surface area contributed by atoms with Crippen molar-refractivity contribution >= 4 is 67.6 Å². The highest BCUT2D eigenvalue weighted by Crippen LogP contribution is 2.54. The summed E-state index contributed by atoms with van der Waals surface area (Å²) in [6.07, 6.45) is 4.63. The van der Waals surface area contributed by atoms with Crippen molar-refractivity contribution in [2.24, 2.45) is 0 Å². The highest BCUT2D eigenvalue weighted by molar-refractivity contribution is 6.99. The summed E-state index contributed by atoms with van der Waals surface area (Å²) >= 11 is 0. The molecular weight excluding hydrogens is 647 g/mol. The molecule has 2 aliphatic rings. The lowest BCUT2D eigenvalue weighted by Crippen LogP contribution is -2.48. The van der Waals surface area contributed by atoms with Gasteiger partial charge in [0.05, 0.1) is 0 Å². The van der Waals surface area contributed by atoms with Gasteiger partial charge in [-0.1, -0.05) is 212 Å². The summed E-state index contributed by atoms with van der Waals surface area (Å²) in [5.74, 6) is 0. The molecule has 0 aromatic heterocycles. The highest BCUT2D eigenvalue weighted by atomic mass is 14.4. The smallest absolute Gasteiger partial charge is 0.0686 e. The monoisotopic (exact) mass is 684 g/mol. The molecule has 0 nitrogen and oxygen atoms in total. The Kier molecular flexibility index (Phi) is 6.79. The minimum absolute atomic E-state index is 0.0981. The molecule has 0 N–H and O–H groups in total. The maximum atomic E-state index is 2.52. The molecular formula is C53H37B. The zero-order chi connectivity index (χ0) is 36.0. The quantitative estimate of drug-likeness (QED) is 0.0983. The Morgan fingerprint density at radius 3 is 1.48 bits per heavy atom. The van der Waals surface area contributed by atoms with Gasteiger partial charge >= 0.3 is 0 Å². The van der Waals surface area contributed by atoms with Crippen LogP contribution in [0.5, 0.6) is 0 Å². The topological polar surface area (TPSA) is 0 Å². The minimum Gasteiger partial charge on any atom is -0.0686 e. The van der Waals surface area contributed by atoms with Crippen LogP contribution in [0, 0.1) is 0 Å². The Hall–Kier alpha value is -6.44. The van der Waals surface area contributed by atoms with Gasteiger partial charge in [-0.3, -0.25) is 0 Å². The van der Waals surface area contributed by atoms with Crippen LogP contribution in [0.15, 0.2) is 176 Å². The molecule has 54 heavy (non-hydrogen) atoms. The fraction of sp³-hybridized carbons (Fsp3) is 0.0566. The Morgan fingerprint density at radius 2 is 0.870 bits per heavy atom. The largest absolute Gasteiger partial charge is 0.242 e. The first-order chi connectivity index (χ1) is 26.6. The van der Waals surface area contributed by atoms with Crippen molar-refractivity contribution in [3.63, 3.8) is 0 Å². The van der Waals surface area contributed by atoms with Gasteiger partial charge < -0.3 is 0 Å².